The molecule has 1 saturated heterocycles. The van der Waals surface area contributed by atoms with Gasteiger partial charge in [0.05, 0.1) is 22.3 Å². The Morgan fingerprint density at radius 1 is 1.52 bits per heavy atom. The number of hydrogen-bond donors (Lipinski definition) is 2. The molecule has 1 aromatic carbocycles. The molecule has 116 valence electrons. The van der Waals surface area contributed by atoms with Crippen molar-refractivity contribution in [2.24, 2.45) is 0 Å². The molecular weight excluding hydrogens is 298 g/mol. The summed E-state index contributed by atoms with van der Waals surface area (Å²) in [4.78, 5) is 9.82. The Balaban J connectivity index is 2.40. The molecule has 21 heavy (non-hydrogen) atoms. The first kappa shape index (κ1) is 15.7. The number of non-ortho nitro benzene ring substituents is 1. The number of anilines is 1. The Kier molecular flexibility index (Phi) is 3.91. The number of nitro groups is 1. The fourth-order valence-electron chi connectivity index (χ4n) is 2.20. The van der Waals surface area contributed by atoms with E-state index in [2.05, 4.69) is 4.72 Å². The van der Waals surface area contributed by atoms with Gasteiger partial charge in [-0.3, -0.25) is 10.1 Å². The zero-order valence-electron chi connectivity index (χ0n) is 11.7. The number of nitrogens with one attached hydrogen (secondary N) is 1. The third-order valence-corrected chi connectivity index (χ3v) is 5.42. The van der Waals surface area contributed by atoms with E-state index in [-0.39, 0.29) is 22.4 Å². The summed E-state index contributed by atoms with van der Waals surface area (Å²) < 4.78 is 32.9. The van der Waals surface area contributed by atoms with Gasteiger partial charge in [0.15, 0.2) is 0 Å². The lowest BCUT2D eigenvalue weighted by molar-refractivity contribution is -0.385. The van der Waals surface area contributed by atoms with Gasteiger partial charge in [-0.25, -0.2) is 13.1 Å². The summed E-state index contributed by atoms with van der Waals surface area (Å²) >= 11 is 0. The van der Waals surface area contributed by atoms with Gasteiger partial charge in [0.1, 0.15) is 4.90 Å². The number of benzene rings is 1. The molecular formula is C12H17N3O5S. The highest BCUT2D eigenvalue weighted by molar-refractivity contribution is 7.89. The zero-order chi connectivity index (χ0) is 15.8. The third-order valence-electron chi connectivity index (χ3n) is 3.75. The first-order valence-corrected chi connectivity index (χ1v) is 7.83. The molecule has 1 aliphatic heterocycles. The van der Waals surface area contributed by atoms with Gasteiger partial charge in [-0.1, -0.05) is 0 Å². The van der Waals surface area contributed by atoms with E-state index in [0.29, 0.717) is 13.0 Å². The highest BCUT2D eigenvalue weighted by Crippen LogP contribution is 2.30. The Morgan fingerprint density at radius 3 is 2.71 bits per heavy atom. The van der Waals surface area contributed by atoms with E-state index in [1.54, 1.807) is 13.8 Å². The summed E-state index contributed by atoms with van der Waals surface area (Å²) in [6.45, 7) is 3.95. The second-order valence-electron chi connectivity index (χ2n) is 5.27. The maximum absolute atomic E-state index is 12.5. The van der Waals surface area contributed by atoms with Gasteiger partial charge in [-0.05, 0) is 26.3 Å². The molecule has 2 rings (SSSR count). The lowest BCUT2D eigenvalue weighted by Gasteiger charge is -2.28. The van der Waals surface area contributed by atoms with Crippen molar-refractivity contribution in [1.82, 2.24) is 4.72 Å². The largest absolute Gasteiger partial charge is 0.398 e. The third kappa shape index (κ3) is 2.99. The Bertz CT molecular complexity index is 675. The smallest absolute Gasteiger partial charge is 0.270 e. The molecule has 0 saturated carbocycles. The predicted octanol–water partition coefficient (Wildman–Crippen LogP) is 1.02. The van der Waals surface area contributed by atoms with Crippen LogP contribution in [0.5, 0.6) is 0 Å². The molecule has 2 atom stereocenters. The molecule has 1 aliphatic rings. The topological polar surface area (TPSA) is 125 Å². The van der Waals surface area contributed by atoms with Crippen LogP contribution >= 0.6 is 0 Å². The summed E-state index contributed by atoms with van der Waals surface area (Å²) in [6, 6.07) is 3.34. The summed E-state index contributed by atoms with van der Waals surface area (Å²) in [5.41, 5.74) is 4.52. The lowest BCUT2D eigenvalue weighted by atomic mass is 9.97. The van der Waals surface area contributed by atoms with E-state index in [9.17, 15) is 18.5 Å². The van der Waals surface area contributed by atoms with Crippen molar-refractivity contribution in [3.8, 4) is 0 Å². The van der Waals surface area contributed by atoms with Crippen LogP contribution in [0.2, 0.25) is 0 Å². The van der Waals surface area contributed by atoms with Gasteiger partial charge < -0.3 is 10.5 Å². The van der Waals surface area contributed by atoms with Crippen LogP contribution in [0.25, 0.3) is 0 Å². The molecule has 0 bridgehead atoms. The van der Waals surface area contributed by atoms with Crippen molar-refractivity contribution in [3.63, 3.8) is 0 Å². The van der Waals surface area contributed by atoms with E-state index in [0.717, 1.165) is 12.1 Å². The van der Waals surface area contributed by atoms with E-state index in [1.165, 1.54) is 6.07 Å². The molecule has 1 heterocycles. The highest BCUT2D eigenvalue weighted by atomic mass is 32.2. The molecule has 0 radical (unpaired) electrons. The molecule has 3 N–H and O–H groups in total. The Morgan fingerprint density at radius 2 is 2.19 bits per heavy atom. The monoisotopic (exact) mass is 315 g/mol. The van der Waals surface area contributed by atoms with Crippen LogP contribution in [-0.2, 0) is 14.8 Å². The highest BCUT2D eigenvalue weighted by Gasteiger charge is 2.41. The van der Waals surface area contributed by atoms with Crippen LogP contribution in [0.15, 0.2) is 23.1 Å². The fraction of sp³-hybridized carbons (Fsp3) is 0.500. The number of nitrogen functional groups attached to an aromatic ring is 1. The van der Waals surface area contributed by atoms with Crippen LogP contribution in [0, 0.1) is 10.1 Å². The lowest BCUT2D eigenvalue weighted by Crippen LogP contribution is -2.50. The van der Waals surface area contributed by atoms with Crippen molar-refractivity contribution in [1.29, 1.82) is 0 Å². The maximum atomic E-state index is 12.5. The SMILES string of the molecule is CC1OCCC1(C)NS(=O)(=O)c1cc([N+](=O)[O-])ccc1N. The molecule has 9 heteroatoms. The van der Waals surface area contributed by atoms with Crippen molar-refractivity contribution >= 4 is 21.4 Å². The van der Waals surface area contributed by atoms with Gasteiger partial charge in [-0.2, -0.15) is 0 Å². The minimum atomic E-state index is -3.98. The van der Waals surface area contributed by atoms with E-state index >= 15 is 0 Å². The van der Waals surface area contributed by atoms with Gasteiger partial charge in [0.25, 0.3) is 5.69 Å². The summed E-state index contributed by atoms with van der Waals surface area (Å²) in [6.07, 6.45) is 0.217. The van der Waals surface area contributed by atoms with Crippen molar-refractivity contribution in [2.75, 3.05) is 12.3 Å². The first-order valence-electron chi connectivity index (χ1n) is 6.35. The fourth-order valence-corrected chi connectivity index (χ4v) is 3.85. The van der Waals surface area contributed by atoms with E-state index in [1.807, 2.05) is 0 Å². The van der Waals surface area contributed by atoms with Crippen molar-refractivity contribution in [3.05, 3.63) is 28.3 Å². The molecule has 1 aromatic rings. The number of nitrogens with two attached hydrogens (primary N) is 1. The van der Waals surface area contributed by atoms with E-state index in [4.69, 9.17) is 10.5 Å². The van der Waals surface area contributed by atoms with Gasteiger partial charge >= 0.3 is 0 Å². The number of nitro benzene ring substituents is 1. The normalized spacial score (nSPS) is 25.9. The Labute approximate surface area is 122 Å². The van der Waals surface area contributed by atoms with Crippen LogP contribution in [-0.4, -0.2) is 31.6 Å². The van der Waals surface area contributed by atoms with Gasteiger partial charge in [-0.15, -0.1) is 0 Å². The summed E-state index contributed by atoms with van der Waals surface area (Å²) in [5.74, 6) is 0. The zero-order valence-corrected chi connectivity index (χ0v) is 12.5. The first-order chi connectivity index (χ1) is 9.66. The number of hydrogen-bond acceptors (Lipinski definition) is 6. The standard InChI is InChI=1S/C12H17N3O5S/c1-8-12(2,5-6-20-8)14-21(18,19)11-7-9(15(16)17)3-4-10(11)13/h3-4,7-8,14H,5-6,13H2,1-2H3. The van der Waals surface area contributed by atoms with Crippen LogP contribution in [0.1, 0.15) is 20.3 Å². The molecule has 0 spiro atoms. The summed E-state index contributed by atoms with van der Waals surface area (Å²) in [7, 11) is -3.98. The molecule has 8 nitrogen and oxygen atoms in total. The minimum absolute atomic E-state index is 0.0386. The molecule has 0 aliphatic carbocycles. The van der Waals surface area contributed by atoms with Crippen LogP contribution in [0.4, 0.5) is 11.4 Å². The van der Waals surface area contributed by atoms with E-state index < -0.39 is 20.5 Å². The average Bonchev–Trinajstić information content (AvgIpc) is 2.68. The second-order valence-corrected chi connectivity index (χ2v) is 6.92. The molecule has 0 aromatic heterocycles. The average molecular weight is 315 g/mol. The number of sulfonamides is 1. The van der Waals surface area contributed by atoms with Crippen LogP contribution in [0.3, 0.4) is 0 Å². The minimum Gasteiger partial charge on any atom is -0.398 e. The quantitative estimate of drug-likeness (QED) is 0.485. The van der Waals surface area contributed by atoms with Crippen molar-refractivity contribution in [2.45, 2.75) is 36.8 Å². The number of ether oxygens (including phenoxy) is 1. The predicted molar refractivity (Wildman–Crippen MR) is 76.3 cm³/mol. The van der Waals surface area contributed by atoms with Gasteiger partial charge in [0, 0.05) is 18.7 Å². The van der Waals surface area contributed by atoms with Gasteiger partial charge in [0.2, 0.25) is 10.0 Å². The summed E-state index contributed by atoms with van der Waals surface area (Å²) in [5, 5.41) is 10.8. The second kappa shape index (κ2) is 5.24. The number of nitrogens with zero attached hydrogens (tertiary/aromatic N) is 1. The molecule has 0 amide bonds. The Hall–Kier alpha value is -1.71. The number of rotatable bonds is 4. The molecule has 1 fully saturated rings. The maximum Gasteiger partial charge on any atom is 0.270 e. The molecule has 2 unspecified atom stereocenters. The van der Waals surface area contributed by atoms with Crippen LogP contribution < -0.4 is 10.5 Å². The van der Waals surface area contributed by atoms with Crippen molar-refractivity contribution < 1.29 is 18.1 Å².